The van der Waals surface area contributed by atoms with Crippen LogP contribution in [0.5, 0.6) is 0 Å². The van der Waals surface area contributed by atoms with Gasteiger partial charge in [0, 0.05) is 31.7 Å². The molecule has 0 aliphatic carbocycles. The summed E-state index contributed by atoms with van der Waals surface area (Å²) >= 11 is 0. The summed E-state index contributed by atoms with van der Waals surface area (Å²) in [6.45, 7) is 4.48. The van der Waals surface area contributed by atoms with Gasteiger partial charge in [0.15, 0.2) is 0 Å². The van der Waals surface area contributed by atoms with Gasteiger partial charge in [0.25, 0.3) is 10.1 Å². The summed E-state index contributed by atoms with van der Waals surface area (Å²) < 4.78 is 35.0. The first-order chi connectivity index (χ1) is 21.7. The van der Waals surface area contributed by atoms with Gasteiger partial charge in [0.05, 0.1) is 17.5 Å². The highest BCUT2D eigenvalue weighted by molar-refractivity contribution is 7.85. The molecule has 0 bridgehead atoms. The Bertz CT molecular complexity index is 1440. The molecule has 2 saturated heterocycles. The summed E-state index contributed by atoms with van der Waals surface area (Å²) in [5.74, 6) is 0.0359. The van der Waals surface area contributed by atoms with Crippen molar-refractivity contribution >= 4 is 22.1 Å². The zero-order valence-corrected chi connectivity index (χ0v) is 26.2. The minimum atomic E-state index is -4.02. The number of nitrogens with zero attached hydrogens (tertiary/aromatic N) is 1. The molecule has 11 nitrogen and oxygen atoms in total. The van der Waals surface area contributed by atoms with Crippen molar-refractivity contribution in [2.75, 3.05) is 19.6 Å². The zero-order valence-electron chi connectivity index (χ0n) is 25.4. The maximum Gasteiger partial charge on any atom is 0.410 e. The van der Waals surface area contributed by atoms with E-state index in [0.29, 0.717) is 26.2 Å². The Morgan fingerprint density at radius 2 is 1.44 bits per heavy atom. The predicted octanol–water partition coefficient (Wildman–Crippen LogP) is 3.99. The number of carbonyl (C=O) groups excluding carboxylic acids is 2. The molecule has 12 heteroatoms. The molecule has 0 aromatic heterocycles. The van der Waals surface area contributed by atoms with Crippen molar-refractivity contribution in [3.63, 3.8) is 0 Å². The quantitative estimate of drug-likeness (QED) is 0.202. The van der Waals surface area contributed by atoms with Gasteiger partial charge in [-0.2, -0.15) is 13.9 Å². The Morgan fingerprint density at radius 3 is 2.00 bits per heavy atom. The number of rotatable bonds is 9. The largest absolute Gasteiger partial charge is 0.445 e. The number of aryl methyl sites for hydroxylation is 1. The Morgan fingerprint density at radius 1 is 0.844 bits per heavy atom. The lowest BCUT2D eigenvalue weighted by Crippen LogP contribution is -2.56. The van der Waals surface area contributed by atoms with E-state index in [2.05, 4.69) is 16.1 Å². The average Bonchev–Trinajstić information content (AvgIpc) is 3.05. The van der Waals surface area contributed by atoms with Gasteiger partial charge in [0.2, 0.25) is 5.91 Å². The molecule has 2 fully saturated rings. The van der Waals surface area contributed by atoms with Crippen LogP contribution in [-0.2, 0) is 37.7 Å². The monoisotopic (exact) mass is 638 g/mol. The number of hydrogen-bond donors (Lipinski definition) is 4. The predicted molar refractivity (Wildman–Crippen MR) is 170 cm³/mol. The molecule has 2 aliphatic rings. The molecule has 0 radical (unpaired) electrons. The van der Waals surface area contributed by atoms with E-state index in [0.717, 1.165) is 42.4 Å². The zero-order chi connectivity index (χ0) is 32.1. The number of hydrogen-bond acceptors (Lipinski definition) is 8. The number of hydroxylamine groups is 1. The number of amides is 2. The molecule has 2 atom stereocenters. The smallest absolute Gasteiger partial charge is 0.410 e. The minimum absolute atomic E-state index is 0.0359. The van der Waals surface area contributed by atoms with Gasteiger partial charge in [-0.1, -0.05) is 78.4 Å². The van der Waals surface area contributed by atoms with Crippen LogP contribution in [-0.4, -0.2) is 67.6 Å². The van der Waals surface area contributed by atoms with Gasteiger partial charge < -0.3 is 20.3 Å². The molecule has 0 saturated carbocycles. The highest BCUT2D eigenvalue weighted by Gasteiger charge is 2.29. The SMILES string of the molecule is Cc1ccc(S(=O)(=O)O)cc1.O=C(NC1CCN(C(=O)OCc2ccccc2)CC1)[C@@H]1CC[C@@H](NOCc2ccccc2)CN1. The molecule has 2 amide bonds. The van der Waals surface area contributed by atoms with Crippen molar-refractivity contribution in [2.24, 2.45) is 0 Å². The van der Waals surface area contributed by atoms with E-state index >= 15 is 0 Å². The summed E-state index contributed by atoms with van der Waals surface area (Å²) in [4.78, 5) is 32.3. The van der Waals surface area contributed by atoms with E-state index in [1.807, 2.05) is 67.6 Å². The first kappa shape index (κ1) is 34.1. The number of nitrogens with one attached hydrogen (secondary N) is 3. The van der Waals surface area contributed by atoms with E-state index < -0.39 is 10.1 Å². The molecule has 3 aromatic rings. The van der Waals surface area contributed by atoms with Crippen molar-refractivity contribution in [1.29, 1.82) is 0 Å². The second kappa shape index (κ2) is 17.0. The fourth-order valence-electron chi connectivity index (χ4n) is 5.03. The molecule has 2 aliphatic heterocycles. The second-order valence-electron chi connectivity index (χ2n) is 11.2. The summed E-state index contributed by atoms with van der Waals surface area (Å²) in [7, 11) is -4.02. The fourth-order valence-corrected chi connectivity index (χ4v) is 5.51. The third kappa shape index (κ3) is 11.6. The maximum atomic E-state index is 12.7. The van der Waals surface area contributed by atoms with Gasteiger partial charge in [-0.3, -0.25) is 14.2 Å². The van der Waals surface area contributed by atoms with Crippen molar-refractivity contribution < 1.29 is 32.1 Å². The molecule has 5 rings (SSSR count). The molecule has 0 unspecified atom stereocenters. The molecule has 45 heavy (non-hydrogen) atoms. The molecule has 3 aromatic carbocycles. The Kier molecular flexibility index (Phi) is 12.9. The lowest BCUT2D eigenvalue weighted by atomic mass is 9.99. The molecule has 242 valence electrons. The van der Waals surface area contributed by atoms with E-state index in [1.165, 1.54) is 12.1 Å². The fraction of sp³-hybridized carbons (Fsp3) is 0.394. The molecule has 4 N–H and O–H groups in total. The number of ether oxygens (including phenoxy) is 1. The number of piperidine rings is 2. The summed E-state index contributed by atoms with van der Waals surface area (Å²) in [5, 5.41) is 6.48. The topological polar surface area (TPSA) is 146 Å². The second-order valence-corrected chi connectivity index (χ2v) is 12.6. The third-order valence-corrected chi connectivity index (χ3v) is 8.55. The summed E-state index contributed by atoms with van der Waals surface area (Å²) in [5.41, 5.74) is 6.15. The third-order valence-electron chi connectivity index (χ3n) is 7.69. The maximum absolute atomic E-state index is 12.7. The number of carbonyl (C=O) groups is 2. The van der Waals surface area contributed by atoms with Crippen LogP contribution in [0.25, 0.3) is 0 Å². The van der Waals surface area contributed by atoms with Crippen LogP contribution in [0.15, 0.2) is 89.8 Å². The van der Waals surface area contributed by atoms with E-state index in [1.54, 1.807) is 17.0 Å². The van der Waals surface area contributed by atoms with E-state index in [4.69, 9.17) is 14.1 Å². The molecule has 2 heterocycles. The van der Waals surface area contributed by atoms with Gasteiger partial charge >= 0.3 is 6.09 Å². The van der Waals surface area contributed by atoms with Gasteiger partial charge in [-0.25, -0.2) is 4.79 Å². The van der Waals surface area contributed by atoms with Crippen LogP contribution in [0.2, 0.25) is 0 Å². The normalized spacial score (nSPS) is 18.8. The Hall–Kier alpha value is -3.81. The first-order valence-electron chi connectivity index (χ1n) is 15.1. The average molecular weight is 639 g/mol. The highest BCUT2D eigenvalue weighted by Crippen LogP contribution is 2.15. The van der Waals surface area contributed by atoms with Crippen molar-refractivity contribution in [3.8, 4) is 0 Å². The molecular formula is C33H42N4O7S. The highest BCUT2D eigenvalue weighted by atomic mass is 32.2. The van der Waals surface area contributed by atoms with Crippen LogP contribution < -0.4 is 16.1 Å². The number of benzene rings is 3. The lowest BCUT2D eigenvalue weighted by Gasteiger charge is -2.34. The Balaban J connectivity index is 0.000000354. The minimum Gasteiger partial charge on any atom is -0.445 e. The van der Waals surface area contributed by atoms with E-state index in [-0.39, 0.29) is 41.6 Å². The van der Waals surface area contributed by atoms with Crippen LogP contribution in [0.4, 0.5) is 4.79 Å². The van der Waals surface area contributed by atoms with Crippen LogP contribution >= 0.6 is 0 Å². The lowest BCUT2D eigenvalue weighted by molar-refractivity contribution is -0.125. The molecule has 0 spiro atoms. The molecular weight excluding hydrogens is 596 g/mol. The van der Waals surface area contributed by atoms with Crippen molar-refractivity contribution in [1.82, 2.24) is 21.0 Å². The first-order valence-corrected chi connectivity index (χ1v) is 16.6. The van der Waals surface area contributed by atoms with Crippen LogP contribution in [0, 0.1) is 6.92 Å². The summed E-state index contributed by atoms with van der Waals surface area (Å²) in [6, 6.07) is 25.7. The van der Waals surface area contributed by atoms with Crippen LogP contribution in [0.1, 0.15) is 42.4 Å². The van der Waals surface area contributed by atoms with Gasteiger partial charge in [0.1, 0.15) is 6.61 Å². The van der Waals surface area contributed by atoms with Gasteiger partial charge in [-0.15, -0.1) is 0 Å². The summed E-state index contributed by atoms with van der Waals surface area (Å²) in [6.07, 6.45) is 2.79. The standard InChI is InChI=1S/C26H34N4O4.C7H8O3S/c31-25(24-12-11-23(17-27-24)29-34-19-21-9-5-2-6-10-21)28-22-13-15-30(16-14-22)26(32)33-18-20-7-3-1-4-8-20;1-6-2-4-7(5-3-6)11(8,9)10/h1-10,22-24,27,29H,11-19H2,(H,28,31);2-5H,1H3,(H,8,9,10)/t23-,24+;/m1./s1. The van der Waals surface area contributed by atoms with Gasteiger partial charge in [-0.05, 0) is 55.9 Å². The van der Waals surface area contributed by atoms with E-state index in [9.17, 15) is 18.0 Å². The Labute approximate surface area is 265 Å². The van der Waals surface area contributed by atoms with Crippen molar-refractivity contribution in [3.05, 3.63) is 102 Å². The van der Waals surface area contributed by atoms with Crippen LogP contribution in [0.3, 0.4) is 0 Å². The van der Waals surface area contributed by atoms with Crippen molar-refractivity contribution in [2.45, 2.75) is 68.8 Å². The number of likely N-dealkylation sites (tertiary alicyclic amines) is 1.